The third-order valence-corrected chi connectivity index (χ3v) is 3.42. The van der Waals surface area contributed by atoms with Gasteiger partial charge in [-0.1, -0.05) is 0 Å². The van der Waals surface area contributed by atoms with Gasteiger partial charge in [-0.3, -0.25) is 4.79 Å². The Kier molecular flexibility index (Phi) is 8.04. The number of esters is 1. The van der Waals surface area contributed by atoms with Gasteiger partial charge >= 0.3 is 5.97 Å². The molecule has 0 saturated heterocycles. The summed E-state index contributed by atoms with van der Waals surface area (Å²) in [6.07, 6.45) is 4.60. The lowest BCUT2D eigenvalue weighted by molar-refractivity contribution is -0.139. The molecule has 0 aromatic heterocycles. The third-order valence-electron chi connectivity index (χ3n) is 2.00. The van der Waals surface area contributed by atoms with Gasteiger partial charge in [0.25, 0.3) is 0 Å². The van der Waals surface area contributed by atoms with Crippen LogP contribution in [0.3, 0.4) is 0 Å². The smallest absolute Gasteiger partial charge is 0.320 e. The van der Waals surface area contributed by atoms with Crippen molar-refractivity contribution in [1.29, 1.82) is 0 Å². The zero-order valence-corrected chi connectivity index (χ0v) is 12.4. The van der Waals surface area contributed by atoms with Crippen molar-refractivity contribution in [2.75, 3.05) is 20.8 Å². The van der Waals surface area contributed by atoms with Crippen molar-refractivity contribution in [1.82, 2.24) is 4.72 Å². The monoisotopic (exact) mass is 299 g/mol. The molecule has 20 heavy (non-hydrogen) atoms. The maximum atomic E-state index is 11.7. The minimum Gasteiger partial charge on any atom is -0.497 e. The van der Waals surface area contributed by atoms with Gasteiger partial charge in [0.05, 0.1) is 19.1 Å². The number of ether oxygens (including phenoxy) is 2. The summed E-state index contributed by atoms with van der Waals surface area (Å²) in [5.41, 5.74) is 0. The first-order chi connectivity index (χ1) is 9.41. The summed E-state index contributed by atoms with van der Waals surface area (Å²) in [6, 6.07) is 5.82. The number of methoxy groups -OCH3 is 2. The molecule has 0 unspecified atom stereocenters. The van der Waals surface area contributed by atoms with Crippen LogP contribution in [-0.4, -0.2) is 35.2 Å². The summed E-state index contributed by atoms with van der Waals surface area (Å²) in [7, 11) is -1.03. The molecule has 0 aliphatic rings. The van der Waals surface area contributed by atoms with E-state index in [1.165, 1.54) is 38.5 Å². The summed E-state index contributed by atoms with van der Waals surface area (Å²) in [6.45, 7) is 1.25. The first-order valence-electron chi connectivity index (χ1n) is 5.49. The van der Waals surface area contributed by atoms with Crippen LogP contribution in [0.25, 0.3) is 0 Å². The van der Waals surface area contributed by atoms with Crippen LogP contribution in [0.2, 0.25) is 0 Å². The molecule has 1 rings (SSSR count). The lowest BCUT2D eigenvalue weighted by Crippen LogP contribution is -2.30. The molecule has 1 aromatic rings. The van der Waals surface area contributed by atoms with Gasteiger partial charge in [0.2, 0.25) is 10.0 Å². The molecule has 0 aliphatic heterocycles. The normalized spacial score (nSPS) is 9.70. The highest BCUT2D eigenvalue weighted by molar-refractivity contribution is 7.89. The highest BCUT2D eigenvalue weighted by atomic mass is 32.2. The summed E-state index contributed by atoms with van der Waals surface area (Å²) in [5, 5.41) is 0. The van der Waals surface area contributed by atoms with Crippen LogP contribution in [-0.2, 0) is 19.6 Å². The molecule has 1 aromatic carbocycles. The van der Waals surface area contributed by atoms with E-state index in [4.69, 9.17) is 4.74 Å². The number of rotatable bonds is 5. The SMILES string of the molecule is C#CC.COC(=O)CNS(=O)(=O)c1ccc(OC)cc1. The Balaban J connectivity index is 0.00000110. The predicted octanol–water partition coefficient (Wildman–Crippen LogP) is 0.786. The van der Waals surface area contributed by atoms with Gasteiger partial charge in [-0.05, 0) is 31.2 Å². The third kappa shape index (κ3) is 6.22. The minimum absolute atomic E-state index is 0.0576. The Morgan fingerprint density at radius 1 is 1.30 bits per heavy atom. The Morgan fingerprint density at radius 3 is 2.20 bits per heavy atom. The van der Waals surface area contributed by atoms with E-state index in [2.05, 4.69) is 21.8 Å². The zero-order valence-electron chi connectivity index (χ0n) is 11.5. The molecule has 1 N–H and O–H groups in total. The molecular weight excluding hydrogens is 282 g/mol. The molecule has 0 atom stereocenters. The van der Waals surface area contributed by atoms with Crippen molar-refractivity contribution in [2.24, 2.45) is 0 Å². The van der Waals surface area contributed by atoms with Gasteiger partial charge in [0.1, 0.15) is 12.3 Å². The maximum absolute atomic E-state index is 11.7. The molecule has 0 heterocycles. The molecule has 110 valence electrons. The predicted molar refractivity (Wildman–Crippen MR) is 74.7 cm³/mol. The molecule has 0 saturated carbocycles. The Hall–Kier alpha value is -2.04. The topological polar surface area (TPSA) is 81.7 Å². The number of hydrogen-bond acceptors (Lipinski definition) is 5. The standard InChI is InChI=1S/C10H13NO5S.C3H4/c1-15-8-3-5-9(6-4-8)17(13,14)11-7-10(12)16-2;1-3-2/h3-6,11H,7H2,1-2H3;1H,2H3. The summed E-state index contributed by atoms with van der Waals surface area (Å²) in [5.74, 6) is 2.15. The Bertz CT molecular complexity index is 557. The fourth-order valence-electron chi connectivity index (χ4n) is 1.06. The van der Waals surface area contributed by atoms with E-state index in [1.807, 2.05) is 0 Å². The van der Waals surface area contributed by atoms with Crippen molar-refractivity contribution in [2.45, 2.75) is 11.8 Å². The lowest BCUT2D eigenvalue weighted by atomic mass is 10.3. The zero-order chi connectivity index (χ0) is 15.6. The van der Waals surface area contributed by atoms with Gasteiger partial charge in [-0.15, -0.1) is 12.3 Å². The van der Waals surface area contributed by atoms with Crippen molar-refractivity contribution in [3.05, 3.63) is 24.3 Å². The van der Waals surface area contributed by atoms with Gasteiger partial charge in [-0.2, -0.15) is 4.72 Å². The van der Waals surface area contributed by atoms with E-state index in [1.54, 1.807) is 6.92 Å². The molecule has 6 nitrogen and oxygen atoms in total. The second kappa shape index (κ2) is 8.96. The number of hydrogen-bond donors (Lipinski definition) is 1. The van der Waals surface area contributed by atoms with Gasteiger partial charge in [-0.25, -0.2) is 8.42 Å². The minimum atomic E-state index is -3.70. The van der Waals surface area contributed by atoms with E-state index >= 15 is 0 Å². The molecule has 0 spiro atoms. The quantitative estimate of drug-likeness (QED) is 0.642. The Labute approximate surface area is 119 Å². The number of benzene rings is 1. The lowest BCUT2D eigenvalue weighted by Gasteiger charge is -2.06. The number of carbonyl (C=O) groups excluding carboxylic acids is 1. The average molecular weight is 299 g/mol. The highest BCUT2D eigenvalue weighted by Gasteiger charge is 2.15. The van der Waals surface area contributed by atoms with Crippen LogP contribution >= 0.6 is 0 Å². The molecule has 7 heteroatoms. The number of nitrogens with one attached hydrogen (secondary N) is 1. The fourth-order valence-corrected chi connectivity index (χ4v) is 2.03. The van der Waals surface area contributed by atoms with Crippen LogP contribution < -0.4 is 9.46 Å². The van der Waals surface area contributed by atoms with E-state index in [0.29, 0.717) is 5.75 Å². The molecule has 0 aliphatic carbocycles. The fraction of sp³-hybridized carbons (Fsp3) is 0.308. The summed E-state index contributed by atoms with van der Waals surface area (Å²) >= 11 is 0. The second-order valence-corrected chi connectivity index (χ2v) is 5.13. The van der Waals surface area contributed by atoms with Crippen molar-refractivity contribution >= 4 is 16.0 Å². The first-order valence-corrected chi connectivity index (χ1v) is 6.97. The second-order valence-electron chi connectivity index (χ2n) is 3.36. The van der Waals surface area contributed by atoms with E-state index in [-0.39, 0.29) is 4.90 Å². The van der Waals surface area contributed by atoms with Crippen LogP contribution in [0, 0.1) is 12.3 Å². The number of terminal acetylenes is 1. The Morgan fingerprint density at radius 2 is 1.80 bits per heavy atom. The number of carbonyl (C=O) groups is 1. The first kappa shape index (κ1) is 18.0. The van der Waals surface area contributed by atoms with E-state index in [0.717, 1.165) is 0 Å². The van der Waals surface area contributed by atoms with Crippen LogP contribution in [0.5, 0.6) is 5.75 Å². The average Bonchev–Trinajstić information content (AvgIpc) is 2.45. The van der Waals surface area contributed by atoms with E-state index < -0.39 is 22.5 Å². The molecule has 0 radical (unpaired) electrons. The van der Waals surface area contributed by atoms with Gasteiger partial charge < -0.3 is 9.47 Å². The molecular formula is C13H17NO5S. The van der Waals surface area contributed by atoms with Crippen LogP contribution in [0.4, 0.5) is 0 Å². The van der Waals surface area contributed by atoms with Gasteiger partial charge in [0, 0.05) is 0 Å². The molecule has 0 bridgehead atoms. The number of sulfonamides is 1. The summed E-state index contributed by atoms with van der Waals surface area (Å²) < 4.78 is 34.7. The van der Waals surface area contributed by atoms with Crippen LogP contribution in [0.1, 0.15) is 6.92 Å². The largest absolute Gasteiger partial charge is 0.497 e. The van der Waals surface area contributed by atoms with Crippen molar-refractivity contribution < 1.29 is 22.7 Å². The highest BCUT2D eigenvalue weighted by Crippen LogP contribution is 2.14. The summed E-state index contributed by atoms with van der Waals surface area (Å²) in [4.78, 5) is 10.9. The maximum Gasteiger partial charge on any atom is 0.320 e. The molecule has 0 amide bonds. The van der Waals surface area contributed by atoms with Gasteiger partial charge in [0.15, 0.2) is 0 Å². The van der Waals surface area contributed by atoms with Crippen molar-refractivity contribution in [3.63, 3.8) is 0 Å². The molecule has 0 fully saturated rings. The van der Waals surface area contributed by atoms with Crippen molar-refractivity contribution in [3.8, 4) is 18.1 Å². The van der Waals surface area contributed by atoms with E-state index in [9.17, 15) is 13.2 Å². The van der Waals surface area contributed by atoms with Crippen LogP contribution in [0.15, 0.2) is 29.2 Å².